The van der Waals surface area contributed by atoms with Crippen LogP contribution in [0.2, 0.25) is 0 Å². The van der Waals surface area contributed by atoms with Crippen molar-refractivity contribution in [2.24, 2.45) is 0 Å². The Labute approximate surface area is 687 Å². The number of nitrogens with zero attached hydrogens (tertiary/aromatic N) is 6. The molecular weight excluding hydrogens is 1410 g/mol. The fourth-order valence-electron chi connectivity index (χ4n) is 19.0. The molecule has 0 N–H and O–H groups in total. The summed E-state index contributed by atoms with van der Waals surface area (Å²) in [6.45, 7) is 57.9. The molecular formula is C110H120N6. The van der Waals surface area contributed by atoms with Gasteiger partial charge in [0.25, 0.3) is 0 Å². The van der Waals surface area contributed by atoms with Crippen LogP contribution in [0.3, 0.4) is 0 Å². The molecule has 18 rings (SSSR count). The molecule has 0 unspecified atom stereocenters. The minimum Gasteiger partial charge on any atom is -0.340 e. The summed E-state index contributed by atoms with van der Waals surface area (Å²) >= 11 is 0. The smallest absolute Gasteiger partial charge is 0.0541 e. The number of aryl methyl sites for hydroxylation is 2. The molecule has 590 valence electrons. The van der Waals surface area contributed by atoms with Gasteiger partial charge in [0.15, 0.2) is 0 Å². The second-order valence-electron chi connectivity index (χ2n) is 42.7. The topological polar surface area (TPSA) is 29.6 Å². The number of aromatic nitrogens is 6. The van der Waals surface area contributed by atoms with Crippen LogP contribution in [-0.2, 0) is 56.4 Å². The fraction of sp³-hybridized carbons (Fsp3) is 0.345. The average molecular weight is 1530 g/mol. The number of benzene rings is 12. The van der Waals surface area contributed by atoms with Gasteiger partial charge in [-0.2, -0.15) is 0 Å². The second kappa shape index (κ2) is 26.5. The summed E-state index contributed by atoms with van der Waals surface area (Å²) in [7, 11) is 0. The Morgan fingerprint density at radius 1 is 0.155 bits per heavy atom. The van der Waals surface area contributed by atoms with Crippen molar-refractivity contribution >= 4 is 131 Å². The lowest BCUT2D eigenvalue weighted by molar-refractivity contribution is 0.559. The van der Waals surface area contributed by atoms with Gasteiger partial charge in [-0.05, 0) is 271 Å². The molecule has 0 bridgehead atoms. The molecule has 0 aliphatic rings. The van der Waals surface area contributed by atoms with Crippen molar-refractivity contribution in [2.45, 2.75) is 248 Å². The van der Waals surface area contributed by atoms with Crippen LogP contribution in [0.4, 0.5) is 0 Å². The molecule has 6 nitrogen and oxygen atoms in total. The molecule has 12 aromatic carbocycles. The maximum absolute atomic E-state index is 2.66. The standard InChI is InChI=1S/C110H120N6/c1-103(2,3)67-29-41-95-79(55-67)80-56-68(104(4,5)6)30-42-96(80)113(95)75-37-49-91-87(63-75)88-64-76(114-97-43-31-69(105(7,8)9)57-81(97)82-58-70(106(10,11)12)32-44-98(82)114)38-50-92(88)111(91)53-27-25-26-28-54-112-93-51-39-77(115-99-45-33-71(107(13,14)15)59-83(99)84-60-72(108(16,17)18)34-46-100(84)115)65-89(93)90-66-78(40-52-94(90)112)116-101-47-35-73(109(19,20)21)61-85(101)86-62-74(110(22,23)24)36-48-102(86)116/h29-52,55-66H,25-28,53-54H2,1-24H3. The predicted octanol–water partition coefficient (Wildman–Crippen LogP) is 30.9. The quantitative estimate of drug-likeness (QED) is 0.116. The van der Waals surface area contributed by atoms with E-state index in [0.717, 1.165) is 38.8 Å². The van der Waals surface area contributed by atoms with Crippen molar-refractivity contribution in [1.29, 1.82) is 0 Å². The molecule has 18 aromatic rings. The molecule has 0 spiro atoms. The summed E-state index contributed by atoms with van der Waals surface area (Å²) in [6.07, 6.45) is 4.33. The zero-order valence-corrected chi connectivity index (χ0v) is 73.7. The molecule has 0 aliphatic heterocycles. The first kappa shape index (κ1) is 76.7. The van der Waals surface area contributed by atoms with Gasteiger partial charge < -0.3 is 27.4 Å². The summed E-state index contributed by atoms with van der Waals surface area (Å²) in [5.41, 5.74) is 30.5. The highest BCUT2D eigenvalue weighted by Gasteiger charge is 2.29. The Balaban J connectivity index is 0.741. The first-order valence-electron chi connectivity index (χ1n) is 43.1. The Bertz CT molecular complexity index is 5940. The number of hydrogen-bond donors (Lipinski definition) is 0. The van der Waals surface area contributed by atoms with Gasteiger partial charge in [0.1, 0.15) is 0 Å². The minimum absolute atomic E-state index is 0.00320. The second-order valence-corrected chi connectivity index (χ2v) is 42.7. The Hall–Kier alpha value is -10.6. The van der Waals surface area contributed by atoms with E-state index in [4.69, 9.17) is 0 Å². The predicted molar refractivity (Wildman–Crippen MR) is 504 cm³/mol. The molecule has 0 atom stereocenters. The lowest BCUT2D eigenvalue weighted by Crippen LogP contribution is -2.10. The SMILES string of the molecule is CC(C)(C)c1ccc2c(c1)c1cc(C(C)(C)C)ccc1n2-c1ccc2c(c1)c1cc(-n3c4ccc(C(C)(C)C)cc4c4cc(C(C)(C)C)ccc43)ccc1n2CCCCCCn1c2ccc(-n3c4ccc(C(C)(C)C)cc4c4cc(C(C)(C)C)ccc43)cc2c2cc(-n3c4ccc(C(C)(C)C)cc4c4cc(C(C)(C)C)ccc43)ccc21. The van der Waals surface area contributed by atoms with E-state index in [9.17, 15) is 0 Å². The Kier molecular flexibility index (Phi) is 17.5. The third-order valence-electron chi connectivity index (χ3n) is 26.2. The highest BCUT2D eigenvalue weighted by molar-refractivity contribution is 6.17. The summed E-state index contributed by atoms with van der Waals surface area (Å²) in [6, 6.07) is 87.2. The summed E-state index contributed by atoms with van der Waals surface area (Å²) in [5.74, 6) is 0. The van der Waals surface area contributed by atoms with E-state index in [1.54, 1.807) is 0 Å². The Morgan fingerprint density at radius 2 is 0.293 bits per heavy atom. The zero-order chi connectivity index (χ0) is 81.9. The van der Waals surface area contributed by atoms with Gasteiger partial charge >= 0.3 is 0 Å². The molecule has 6 heteroatoms. The zero-order valence-electron chi connectivity index (χ0n) is 73.7. The van der Waals surface area contributed by atoms with Crippen LogP contribution in [0.5, 0.6) is 0 Å². The summed E-state index contributed by atoms with van der Waals surface area (Å²) in [5, 5.41) is 15.6. The van der Waals surface area contributed by atoms with Crippen LogP contribution in [0.15, 0.2) is 218 Å². The van der Waals surface area contributed by atoms with E-state index in [-0.39, 0.29) is 43.3 Å². The van der Waals surface area contributed by atoms with Crippen molar-refractivity contribution < 1.29 is 0 Å². The van der Waals surface area contributed by atoms with Gasteiger partial charge in [-0.3, -0.25) is 0 Å². The van der Waals surface area contributed by atoms with Crippen LogP contribution < -0.4 is 0 Å². The largest absolute Gasteiger partial charge is 0.340 e. The summed E-state index contributed by atoms with van der Waals surface area (Å²) in [4.78, 5) is 0. The van der Waals surface area contributed by atoms with E-state index in [0.29, 0.717) is 0 Å². The van der Waals surface area contributed by atoms with Gasteiger partial charge in [0.05, 0.1) is 44.1 Å². The highest BCUT2D eigenvalue weighted by Crippen LogP contribution is 2.47. The van der Waals surface area contributed by atoms with Crippen LogP contribution >= 0.6 is 0 Å². The van der Waals surface area contributed by atoms with Crippen LogP contribution in [-0.4, -0.2) is 27.4 Å². The van der Waals surface area contributed by atoms with Crippen LogP contribution in [0.25, 0.3) is 154 Å². The van der Waals surface area contributed by atoms with E-state index in [1.807, 2.05) is 0 Å². The lowest BCUT2D eigenvalue weighted by Gasteiger charge is -2.19. The normalized spacial score (nSPS) is 13.6. The molecule has 0 aliphatic carbocycles. The first-order valence-corrected chi connectivity index (χ1v) is 43.1. The third-order valence-corrected chi connectivity index (χ3v) is 26.2. The van der Waals surface area contributed by atoms with Crippen LogP contribution in [0.1, 0.15) is 236 Å². The molecule has 0 radical (unpaired) electrons. The first-order chi connectivity index (χ1) is 54.6. The number of unbranched alkanes of at least 4 members (excludes halogenated alkanes) is 3. The highest BCUT2D eigenvalue weighted by atomic mass is 15.0. The van der Waals surface area contributed by atoms with E-state index < -0.39 is 0 Å². The van der Waals surface area contributed by atoms with Crippen molar-refractivity contribution in [3.05, 3.63) is 263 Å². The van der Waals surface area contributed by atoms with Crippen molar-refractivity contribution in [3.63, 3.8) is 0 Å². The van der Waals surface area contributed by atoms with Crippen LogP contribution in [0, 0.1) is 0 Å². The molecule has 0 saturated carbocycles. The molecule has 0 saturated heterocycles. The molecule has 6 heterocycles. The van der Waals surface area contributed by atoms with Gasteiger partial charge in [-0.25, -0.2) is 0 Å². The van der Waals surface area contributed by atoms with Gasteiger partial charge in [0.2, 0.25) is 0 Å². The van der Waals surface area contributed by atoms with Crippen molar-refractivity contribution in [3.8, 4) is 22.7 Å². The number of rotatable bonds is 11. The third kappa shape index (κ3) is 12.9. The van der Waals surface area contributed by atoms with Crippen molar-refractivity contribution in [2.75, 3.05) is 0 Å². The molecule has 0 amide bonds. The van der Waals surface area contributed by atoms with Gasteiger partial charge in [0, 0.05) is 123 Å². The van der Waals surface area contributed by atoms with Gasteiger partial charge in [-0.15, -0.1) is 0 Å². The van der Waals surface area contributed by atoms with E-state index >= 15 is 0 Å². The average Bonchev–Trinajstić information content (AvgIpc) is 1.56. The van der Waals surface area contributed by atoms with E-state index in [2.05, 4.69) is 412 Å². The lowest BCUT2D eigenvalue weighted by atomic mass is 9.85. The minimum atomic E-state index is 0.00320. The molecule has 0 fully saturated rings. The number of hydrogen-bond acceptors (Lipinski definition) is 0. The van der Waals surface area contributed by atoms with Gasteiger partial charge in [-0.1, -0.05) is 228 Å². The molecule has 6 aromatic heterocycles. The monoisotopic (exact) mass is 1520 g/mol. The molecule has 116 heavy (non-hydrogen) atoms. The Morgan fingerprint density at radius 3 is 0.440 bits per heavy atom. The maximum Gasteiger partial charge on any atom is 0.0541 e. The van der Waals surface area contributed by atoms with E-state index in [1.165, 1.54) is 198 Å². The van der Waals surface area contributed by atoms with Crippen molar-refractivity contribution in [1.82, 2.24) is 27.4 Å². The number of fused-ring (bicyclic) bond motifs is 18. The fourth-order valence-corrected chi connectivity index (χ4v) is 19.0. The maximum atomic E-state index is 2.66. The summed E-state index contributed by atoms with van der Waals surface area (Å²) < 4.78 is 15.5.